The molecule has 8 nitrogen and oxygen atoms in total. The molecule has 0 bridgehead atoms. The quantitative estimate of drug-likeness (QED) is 0.163. The van der Waals surface area contributed by atoms with Gasteiger partial charge in [-0.3, -0.25) is 19.3 Å². The lowest BCUT2D eigenvalue weighted by molar-refractivity contribution is -0.137. The summed E-state index contributed by atoms with van der Waals surface area (Å²) < 4.78 is 11.0. The Kier molecular flexibility index (Phi) is 13.3. The number of rotatable bonds is 17. The third kappa shape index (κ3) is 10.2. The van der Waals surface area contributed by atoms with Gasteiger partial charge in [0.05, 0.1) is 19.1 Å². The average Bonchev–Trinajstić information content (AvgIpc) is 3.12. The maximum absolute atomic E-state index is 12.8. The van der Waals surface area contributed by atoms with Crippen molar-refractivity contribution >= 4 is 52.2 Å². The van der Waals surface area contributed by atoms with Gasteiger partial charge in [-0.1, -0.05) is 68.6 Å². The van der Waals surface area contributed by atoms with Crippen molar-refractivity contribution in [2.75, 3.05) is 27.3 Å². The van der Waals surface area contributed by atoms with Crippen molar-refractivity contribution in [1.82, 2.24) is 10.2 Å². The Morgan fingerprint density at radius 3 is 2.28 bits per heavy atom. The Labute approximate surface area is 222 Å². The minimum atomic E-state index is -0.724. The summed E-state index contributed by atoms with van der Waals surface area (Å²) in [6.45, 7) is 0.872. The predicted molar refractivity (Wildman–Crippen MR) is 146 cm³/mol. The number of carbonyl (C=O) groups is 3. The Balaban J connectivity index is 1.64. The van der Waals surface area contributed by atoms with E-state index >= 15 is 0 Å². The fourth-order valence-corrected chi connectivity index (χ4v) is 5.09. The lowest BCUT2D eigenvalue weighted by atomic mass is 10.1. The topological polar surface area (TPSA) is 105 Å². The van der Waals surface area contributed by atoms with Gasteiger partial charge in [-0.25, -0.2) is 0 Å². The molecule has 2 N–H and O–H groups in total. The van der Waals surface area contributed by atoms with Gasteiger partial charge in [0.2, 0.25) is 5.91 Å². The number of carbonyl (C=O) groups excluding carboxylic acids is 2. The number of nitrogens with zero attached hydrogens (tertiary/aromatic N) is 1. The molecule has 0 spiro atoms. The van der Waals surface area contributed by atoms with Crippen molar-refractivity contribution in [1.29, 1.82) is 0 Å². The molecule has 0 radical (unpaired) electrons. The second-order valence-corrected chi connectivity index (χ2v) is 10.2. The molecule has 198 valence electrons. The van der Waals surface area contributed by atoms with E-state index in [2.05, 4.69) is 5.32 Å². The smallest absolute Gasteiger partial charge is 0.303 e. The molecule has 0 saturated carbocycles. The third-order valence-electron chi connectivity index (χ3n) is 5.78. The van der Waals surface area contributed by atoms with Crippen LogP contribution in [0.3, 0.4) is 0 Å². The van der Waals surface area contributed by atoms with E-state index in [1.807, 2.05) is 6.07 Å². The Bertz CT molecular complexity index is 950. The highest BCUT2D eigenvalue weighted by molar-refractivity contribution is 8.26. The van der Waals surface area contributed by atoms with E-state index in [1.165, 1.54) is 16.7 Å². The molecular weight excluding hydrogens is 500 g/mol. The molecule has 1 aromatic rings. The molecule has 0 unspecified atom stereocenters. The highest BCUT2D eigenvalue weighted by Gasteiger charge is 2.32. The van der Waals surface area contributed by atoms with E-state index in [1.54, 1.807) is 32.4 Å². The predicted octanol–water partition coefficient (Wildman–Crippen LogP) is 5.01. The van der Waals surface area contributed by atoms with Gasteiger partial charge >= 0.3 is 5.97 Å². The molecule has 0 aromatic heterocycles. The fraction of sp³-hybridized carbons (Fsp3) is 0.538. The lowest BCUT2D eigenvalue weighted by Crippen LogP contribution is -2.33. The van der Waals surface area contributed by atoms with E-state index < -0.39 is 5.97 Å². The van der Waals surface area contributed by atoms with Gasteiger partial charge in [-0.2, -0.15) is 0 Å². The summed E-state index contributed by atoms with van der Waals surface area (Å²) in [5.41, 5.74) is 0.795. The number of ether oxygens (including phenoxy) is 2. The van der Waals surface area contributed by atoms with Gasteiger partial charge in [0.1, 0.15) is 4.32 Å². The highest BCUT2D eigenvalue weighted by atomic mass is 32.2. The zero-order chi connectivity index (χ0) is 26.3. The number of carboxylic acids is 1. The van der Waals surface area contributed by atoms with E-state index in [4.69, 9.17) is 26.8 Å². The summed E-state index contributed by atoms with van der Waals surface area (Å²) in [6.07, 6.45) is 10.3. The molecule has 1 heterocycles. The van der Waals surface area contributed by atoms with Gasteiger partial charge < -0.3 is 19.9 Å². The molecule has 2 rings (SSSR count). The monoisotopic (exact) mass is 536 g/mol. The zero-order valence-electron chi connectivity index (χ0n) is 21.0. The number of methoxy groups -OCH3 is 2. The van der Waals surface area contributed by atoms with Crippen molar-refractivity contribution in [2.24, 2.45) is 0 Å². The van der Waals surface area contributed by atoms with Gasteiger partial charge in [0.25, 0.3) is 5.91 Å². The standard InChI is InChI=1S/C26H36N2O6S2/c1-33-20-13-12-19(17-21(20)34-2)18-22-25(32)28(26(35)36-22)16-14-23(29)27-15-10-8-6-4-3-5-7-9-11-24(30)31/h12-13,17-18H,3-11,14-16H2,1-2H3,(H,27,29)(H,30,31)/b22-18+. The molecule has 2 amide bonds. The number of thioether (sulfide) groups is 1. The SMILES string of the molecule is COc1ccc(/C=C2/SC(=S)N(CCC(=O)NCCCCCCCCCCC(=O)O)C2=O)cc1OC. The first-order valence-corrected chi connectivity index (χ1v) is 13.5. The first-order chi connectivity index (χ1) is 17.3. The highest BCUT2D eigenvalue weighted by Crippen LogP contribution is 2.34. The minimum absolute atomic E-state index is 0.0913. The number of hydrogen-bond acceptors (Lipinski definition) is 7. The van der Waals surface area contributed by atoms with Crippen LogP contribution in [0.5, 0.6) is 11.5 Å². The van der Waals surface area contributed by atoms with Crippen molar-refractivity contribution in [3.63, 3.8) is 0 Å². The van der Waals surface area contributed by atoms with E-state index in [9.17, 15) is 14.4 Å². The summed E-state index contributed by atoms with van der Waals surface area (Å²) in [5.74, 6) is 0.171. The average molecular weight is 537 g/mol. The third-order valence-corrected chi connectivity index (χ3v) is 7.16. The van der Waals surface area contributed by atoms with Crippen LogP contribution < -0.4 is 14.8 Å². The molecule has 0 atom stereocenters. The van der Waals surface area contributed by atoms with Crippen LogP contribution in [0.15, 0.2) is 23.1 Å². The number of hydrogen-bond donors (Lipinski definition) is 2. The van der Waals surface area contributed by atoms with Crippen LogP contribution in [0.25, 0.3) is 6.08 Å². The number of thiocarbonyl (C=S) groups is 1. The molecule has 1 fully saturated rings. The van der Waals surface area contributed by atoms with Crippen LogP contribution in [0.2, 0.25) is 0 Å². The second kappa shape index (κ2) is 16.2. The number of benzene rings is 1. The number of unbranched alkanes of at least 4 members (excludes halogenated alkanes) is 7. The number of carboxylic acid groups (broad SMARTS) is 1. The maximum Gasteiger partial charge on any atom is 0.303 e. The van der Waals surface area contributed by atoms with Crippen LogP contribution in [0.4, 0.5) is 0 Å². The molecule has 0 aliphatic carbocycles. The van der Waals surface area contributed by atoms with Crippen molar-refractivity contribution in [3.05, 3.63) is 28.7 Å². The van der Waals surface area contributed by atoms with Crippen LogP contribution >= 0.6 is 24.0 Å². The van der Waals surface area contributed by atoms with E-state index in [0.29, 0.717) is 27.3 Å². The second-order valence-electron chi connectivity index (χ2n) is 8.52. The molecule has 1 aliphatic rings. The molecule has 1 aliphatic heterocycles. The Morgan fingerprint density at radius 2 is 1.64 bits per heavy atom. The van der Waals surface area contributed by atoms with Crippen molar-refractivity contribution in [2.45, 2.75) is 64.2 Å². The first-order valence-electron chi connectivity index (χ1n) is 12.3. The van der Waals surface area contributed by atoms with Crippen LogP contribution in [0.1, 0.15) is 69.8 Å². The molecule has 10 heteroatoms. The van der Waals surface area contributed by atoms with Gasteiger partial charge in [-0.15, -0.1) is 0 Å². The van der Waals surface area contributed by atoms with Gasteiger partial charge in [0, 0.05) is 25.9 Å². The summed E-state index contributed by atoms with van der Waals surface area (Å²) in [6, 6.07) is 5.41. The number of aliphatic carboxylic acids is 1. The van der Waals surface area contributed by atoms with Crippen LogP contribution in [0, 0.1) is 0 Å². The molecule has 36 heavy (non-hydrogen) atoms. The maximum atomic E-state index is 12.8. The van der Waals surface area contributed by atoms with Crippen molar-refractivity contribution < 1.29 is 29.0 Å². The first kappa shape index (κ1) is 29.6. The molecular formula is C26H36N2O6S2. The molecule has 1 saturated heterocycles. The van der Waals surface area contributed by atoms with Crippen LogP contribution in [-0.2, 0) is 14.4 Å². The zero-order valence-corrected chi connectivity index (χ0v) is 22.7. The summed E-state index contributed by atoms with van der Waals surface area (Å²) >= 11 is 6.59. The van der Waals surface area contributed by atoms with Gasteiger partial charge in [-0.05, 0) is 36.6 Å². The Hall–Kier alpha value is -2.59. The summed E-state index contributed by atoms with van der Waals surface area (Å²) in [4.78, 5) is 37.5. The van der Waals surface area contributed by atoms with Crippen LogP contribution in [-0.4, -0.2) is 59.4 Å². The van der Waals surface area contributed by atoms with E-state index in [0.717, 1.165) is 56.9 Å². The Morgan fingerprint density at radius 1 is 1.00 bits per heavy atom. The lowest BCUT2D eigenvalue weighted by Gasteiger charge is -2.14. The minimum Gasteiger partial charge on any atom is -0.493 e. The summed E-state index contributed by atoms with van der Waals surface area (Å²) in [7, 11) is 3.12. The number of amides is 2. The van der Waals surface area contributed by atoms with Crippen molar-refractivity contribution in [3.8, 4) is 11.5 Å². The van der Waals surface area contributed by atoms with E-state index in [-0.39, 0.29) is 31.2 Å². The molecule has 1 aromatic carbocycles. The normalized spacial score (nSPS) is 14.4. The number of nitrogens with one attached hydrogen (secondary N) is 1. The van der Waals surface area contributed by atoms with Gasteiger partial charge in [0.15, 0.2) is 11.5 Å². The largest absolute Gasteiger partial charge is 0.493 e. The summed E-state index contributed by atoms with van der Waals surface area (Å²) in [5, 5.41) is 11.5. The fourth-order valence-electron chi connectivity index (χ4n) is 3.78.